The zero-order valence-electron chi connectivity index (χ0n) is 11.1. The van der Waals surface area contributed by atoms with E-state index in [9.17, 15) is 9.18 Å². The van der Waals surface area contributed by atoms with Gasteiger partial charge in [-0.15, -0.1) is 0 Å². The van der Waals surface area contributed by atoms with Gasteiger partial charge in [0.05, 0.1) is 12.1 Å². The second kappa shape index (κ2) is 4.08. The first-order chi connectivity index (χ1) is 8.99. The van der Waals surface area contributed by atoms with Crippen LogP contribution in [0.3, 0.4) is 0 Å². The second-order valence-electron chi connectivity index (χ2n) is 5.70. The van der Waals surface area contributed by atoms with Gasteiger partial charge in [0.1, 0.15) is 5.82 Å². The van der Waals surface area contributed by atoms with Crippen LogP contribution in [0.5, 0.6) is 0 Å². The van der Waals surface area contributed by atoms with E-state index < -0.39 is 0 Å². The molecule has 1 aliphatic rings. The van der Waals surface area contributed by atoms with Gasteiger partial charge in [0, 0.05) is 16.5 Å². The van der Waals surface area contributed by atoms with E-state index in [1.165, 1.54) is 0 Å². The van der Waals surface area contributed by atoms with E-state index in [-0.39, 0.29) is 17.1 Å². The van der Waals surface area contributed by atoms with Gasteiger partial charge in [-0.05, 0) is 31.4 Å². The highest BCUT2D eigenvalue weighted by atomic mass is 19.1. The molecule has 0 atom stereocenters. The maximum atomic E-state index is 13.9. The summed E-state index contributed by atoms with van der Waals surface area (Å²) in [5, 5.41) is 3.74. The standard InChI is InChI=1S/C15H17FN2O/c1-9-3-4-10-7-11(18-13(10)12(9)16)8-17-14(19)15(2)5-6-15/h3-4,7,18H,5-6,8H2,1-2H3,(H,17,19). The zero-order valence-corrected chi connectivity index (χ0v) is 11.1. The third kappa shape index (κ3) is 2.11. The number of aromatic nitrogens is 1. The molecule has 0 radical (unpaired) electrons. The molecular weight excluding hydrogens is 243 g/mol. The fourth-order valence-electron chi connectivity index (χ4n) is 2.23. The van der Waals surface area contributed by atoms with E-state index in [2.05, 4.69) is 10.3 Å². The van der Waals surface area contributed by atoms with Gasteiger partial charge in [0.25, 0.3) is 0 Å². The summed E-state index contributed by atoms with van der Waals surface area (Å²) in [6, 6.07) is 5.53. The maximum absolute atomic E-state index is 13.9. The number of carbonyl (C=O) groups excluding carboxylic acids is 1. The Morgan fingerprint density at radius 1 is 1.47 bits per heavy atom. The lowest BCUT2D eigenvalue weighted by Gasteiger charge is -2.08. The molecular formula is C15H17FN2O. The van der Waals surface area contributed by atoms with Crippen molar-refractivity contribution in [2.75, 3.05) is 0 Å². The number of nitrogens with one attached hydrogen (secondary N) is 2. The van der Waals surface area contributed by atoms with Crippen molar-refractivity contribution in [3.63, 3.8) is 0 Å². The number of hydrogen-bond donors (Lipinski definition) is 2. The Balaban J connectivity index is 1.78. The number of H-pyrrole nitrogens is 1. The monoisotopic (exact) mass is 260 g/mol. The Bertz CT molecular complexity index is 655. The summed E-state index contributed by atoms with van der Waals surface area (Å²) in [7, 11) is 0. The molecule has 0 bridgehead atoms. The first-order valence-electron chi connectivity index (χ1n) is 6.55. The number of fused-ring (bicyclic) bond motifs is 1. The van der Waals surface area contributed by atoms with Crippen LogP contribution in [0.4, 0.5) is 4.39 Å². The van der Waals surface area contributed by atoms with Crippen molar-refractivity contribution in [1.29, 1.82) is 0 Å². The molecule has 1 fully saturated rings. The Morgan fingerprint density at radius 2 is 2.21 bits per heavy atom. The predicted octanol–water partition coefficient (Wildman–Crippen LogP) is 3.03. The Hall–Kier alpha value is -1.84. The van der Waals surface area contributed by atoms with Gasteiger partial charge in [-0.2, -0.15) is 0 Å². The molecule has 3 nitrogen and oxygen atoms in total. The number of hydrogen-bond acceptors (Lipinski definition) is 1. The van der Waals surface area contributed by atoms with Crippen molar-refractivity contribution < 1.29 is 9.18 Å². The number of aromatic amines is 1. The Labute approximate surface area is 111 Å². The fraction of sp³-hybridized carbons (Fsp3) is 0.400. The molecule has 1 aliphatic carbocycles. The lowest BCUT2D eigenvalue weighted by Crippen LogP contribution is -2.29. The minimum atomic E-state index is -0.218. The SMILES string of the molecule is Cc1ccc2cc(CNC(=O)C3(C)CC3)[nH]c2c1F. The van der Waals surface area contributed by atoms with Crippen molar-refractivity contribution in [3.8, 4) is 0 Å². The molecule has 0 unspecified atom stereocenters. The van der Waals surface area contributed by atoms with Crippen LogP contribution in [0.1, 0.15) is 31.0 Å². The van der Waals surface area contributed by atoms with Crippen LogP contribution < -0.4 is 5.32 Å². The van der Waals surface area contributed by atoms with Crippen molar-refractivity contribution >= 4 is 16.8 Å². The molecule has 19 heavy (non-hydrogen) atoms. The maximum Gasteiger partial charge on any atom is 0.226 e. The van der Waals surface area contributed by atoms with Crippen LogP contribution in [0.2, 0.25) is 0 Å². The van der Waals surface area contributed by atoms with Crippen molar-refractivity contribution in [1.82, 2.24) is 10.3 Å². The molecule has 4 heteroatoms. The largest absolute Gasteiger partial charge is 0.355 e. The molecule has 1 saturated carbocycles. The number of halogens is 1. The van der Waals surface area contributed by atoms with Gasteiger partial charge in [-0.1, -0.05) is 19.1 Å². The highest BCUT2D eigenvalue weighted by Gasteiger charge is 2.44. The number of amides is 1. The quantitative estimate of drug-likeness (QED) is 0.875. The van der Waals surface area contributed by atoms with E-state index in [4.69, 9.17) is 0 Å². The van der Waals surface area contributed by atoms with Crippen LogP contribution in [-0.2, 0) is 11.3 Å². The van der Waals surface area contributed by atoms with Crippen molar-refractivity contribution in [2.24, 2.45) is 5.41 Å². The van der Waals surface area contributed by atoms with Crippen LogP contribution >= 0.6 is 0 Å². The van der Waals surface area contributed by atoms with Crippen molar-refractivity contribution in [3.05, 3.63) is 35.3 Å². The normalized spacial score (nSPS) is 16.6. The molecule has 0 aliphatic heterocycles. The van der Waals surface area contributed by atoms with E-state index in [0.717, 1.165) is 23.9 Å². The highest BCUT2D eigenvalue weighted by Crippen LogP contribution is 2.45. The summed E-state index contributed by atoms with van der Waals surface area (Å²) in [4.78, 5) is 14.9. The number of aryl methyl sites for hydroxylation is 1. The fourth-order valence-corrected chi connectivity index (χ4v) is 2.23. The molecule has 1 amide bonds. The lowest BCUT2D eigenvalue weighted by atomic mass is 10.1. The summed E-state index contributed by atoms with van der Waals surface area (Å²) < 4.78 is 13.9. The minimum Gasteiger partial charge on any atom is -0.355 e. The summed E-state index contributed by atoms with van der Waals surface area (Å²) >= 11 is 0. The molecule has 0 spiro atoms. The van der Waals surface area contributed by atoms with Gasteiger partial charge in [-0.3, -0.25) is 4.79 Å². The van der Waals surface area contributed by atoms with Gasteiger partial charge in [-0.25, -0.2) is 4.39 Å². The van der Waals surface area contributed by atoms with Crippen LogP contribution in [-0.4, -0.2) is 10.9 Å². The molecule has 2 N–H and O–H groups in total. The zero-order chi connectivity index (χ0) is 13.6. The predicted molar refractivity (Wildman–Crippen MR) is 72.2 cm³/mol. The molecule has 100 valence electrons. The van der Waals surface area contributed by atoms with E-state index >= 15 is 0 Å². The number of rotatable bonds is 3. The van der Waals surface area contributed by atoms with Crippen LogP contribution in [0.15, 0.2) is 18.2 Å². The first-order valence-corrected chi connectivity index (χ1v) is 6.55. The lowest BCUT2D eigenvalue weighted by molar-refractivity contribution is -0.125. The topological polar surface area (TPSA) is 44.9 Å². The van der Waals surface area contributed by atoms with E-state index in [1.807, 2.05) is 19.1 Å². The molecule has 0 saturated heterocycles. The molecule has 1 heterocycles. The highest BCUT2D eigenvalue weighted by molar-refractivity contribution is 5.85. The van der Waals surface area contributed by atoms with E-state index in [1.54, 1.807) is 13.0 Å². The summed E-state index contributed by atoms with van der Waals surface area (Å²) in [5.74, 6) is -0.132. The molecule has 1 aromatic carbocycles. The average molecular weight is 260 g/mol. The van der Waals surface area contributed by atoms with Gasteiger partial charge in [0.15, 0.2) is 0 Å². The van der Waals surface area contributed by atoms with E-state index in [0.29, 0.717) is 17.6 Å². The number of carbonyl (C=O) groups is 1. The van der Waals surface area contributed by atoms with Crippen LogP contribution in [0.25, 0.3) is 10.9 Å². The average Bonchev–Trinajstić information content (AvgIpc) is 3.00. The van der Waals surface area contributed by atoms with Gasteiger partial charge >= 0.3 is 0 Å². The third-order valence-electron chi connectivity index (χ3n) is 3.97. The van der Waals surface area contributed by atoms with Crippen molar-refractivity contribution in [2.45, 2.75) is 33.2 Å². The van der Waals surface area contributed by atoms with Crippen LogP contribution in [0, 0.1) is 18.2 Å². The molecule has 2 aromatic rings. The van der Waals surface area contributed by atoms with Gasteiger partial charge in [0.2, 0.25) is 5.91 Å². The number of benzene rings is 1. The Kier molecular flexibility index (Phi) is 2.62. The smallest absolute Gasteiger partial charge is 0.226 e. The first kappa shape index (κ1) is 12.2. The second-order valence-corrected chi connectivity index (χ2v) is 5.70. The summed E-state index contributed by atoms with van der Waals surface area (Å²) in [5.41, 5.74) is 1.79. The molecule has 1 aromatic heterocycles. The summed E-state index contributed by atoms with van der Waals surface area (Å²) in [6.45, 7) is 4.13. The van der Waals surface area contributed by atoms with Gasteiger partial charge < -0.3 is 10.3 Å². The summed E-state index contributed by atoms with van der Waals surface area (Å²) in [6.07, 6.45) is 1.92. The minimum absolute atomic E-state index is 0.0859. The Morgan fingerprint density at radius 3 is 2.89 bits per heavy atom. The molecule has 3 rings (SSSR count). The third-order valence-corrected chi connectivity index (χ3v) is 3.97.